The van der Waals surface area contributed by atoms with Crippen LogP contribution in [0.1, 0.15) is 17.3 Å². The smallest absolute Gasteiger partial charge is 0.159 e. The van der Waals surface area contributed by atoms with Gasteiger partial charge < -0.3 is 4.90 Å². The van der Waals surface area contributed by atoms with Gasteiger partial charge in [-0.2, -0.15) is 10.2 Å². The molecule has 0 aromatic heterocycles. The molecular formula is C16H17N3O. The first kappa shape index (κ1) is 13.9. The van der Waals surface area contributed by atoms with Crippen LogP contribution in [0.15, 0.2) is 58.8 Å². The zero-order valence-electron chi connectivity index (χ0n) is 11.9. The number of nitrogens with zero attached hydrogens (tertiary/aromatic N) is 3. The number of ketones is 1. The highest BCUT2D eigenvalue weighted by Crippen LogP contribution is 2.21. The van der Waals surface area contributed by atoms with E-state index in [1.807, 2.05) is 43.3 Å². The molecule has 0 heterocycles. The van der Waals surface area contributed by atoms with Crippen molar-refractivity contribution >= 4 is 22.8 Å². The maximum Gasteiger partial charge on any atom is 0.159 e. The molecule has 0 radical (unpaired) electrons. The first-order chi connectivity index (χ1) is 9.56. The van der Waals surface area contributed by atoms with Crippen LogP contribution >= 0.6 is 0 Å². The summed E-state index contributed by atoms with van der Waals surface area (Å²) in [4.78, 5) is 13.2. The molecule has 102 valence electrons. The quantitative estimate of drug-likeness (QED) is 0.610. The van der Waals surface area contributed by atoms with Crippen LogP contribution in [0.5, 0.6) is 0 Å². The number of hydrogen-bond acceptors (Lipinski definition) is 4. The Morgan fingerprint density at radius 1 is 0.850 bits per heavy atom. The number of hydrogen-bond donors (Lipinski definition) is 0. The third-order valence-electron chi connectivity index (χ3n) is 2.92. The Hall–Kier alpha value is -2.49. The largest absolute Gasteiger partial charge is 0.378 e. The second-order valence-corrected chi connectivity index (χ2v) is 4.71. The van der Waals surface area contributed by atoms with Gasteiger partial charge in [-0.1, -0.05) is 0 Å². The second kappa shape index (κ2) is 6.10. The number of azo groups is 1. The molecule has 0 saturated heterocycles. The summed E-state index contributed by atoms with van der Waals surface area (Å²) in [5, 5.41) is 8.32. The minimum Gasteiger partial charge on any atom is -0.378 e. The lowest BCUT2D eigenvalue weighted by Gasteiger charge is -2.11. The minimum absolute atomic E-state index is 0.0489. The van der Waals surface area contributed by atoms with Crippen molar-refractivity contribution in [3.05, 3.63) is 54.1 Å². The van der Waals surface area contributed by atoms with Crippen LogP contribution in [0.25, 0.3) is 0 Å². The van der Waals surface area contributed by atoms with E-state index in [9.17, 15) is 4.79 Å². The molecule has 20 heavy (non-hydrogen) atoms. The van der Waals surface area contributed by atoms with Gasteiger partial charge in [0.15, 0.2) is 5.78 Å². The summed E-state index contributed by atoms with van der Waals surface area (Å²) in [6.45, 7) is 1.54. The van der Waals surface area contributed by atoms with E-state index in [0.717, 1.165) is 17.1 Å². The Balaban J connectivity index is 2.10. The highest BCUT2D eigenvalue weighted by Gasteiger charge is 1.98. The Morgan fingerprint density at radius 3 is 1.70 bits per heavy atom. The van der Waals surface area contributed by atoms with Gasteiger partial charge in [-0.25, -0.2) is 0 Å². The lowest BCUT2D eigenvalue weighted by Crippen LogP contribution is -2.07. The average Bonchev–Trinajstić information content (AvgIpc) is 2.46. The summed E-state index contributed by atoms with van der Waals surface area (Å²) in [5.74, 6) is 0.0489. The molecular weight excluding hydrogens is 250 g/mol. The molecule has 0 fully saturated rings. The molecule has 0 N–H and O–H groups in total. The predicted molar refractivity (Wildman–Crippen MR) is 81.4 cm³/mol. The average molecular weight is 267 g/mol. The van der Waals surface area contributed by atoms with Crippen LogP contribution in [0.3, 0.4) is 0 Å². The fraction of sp³-hybridized carbons (Fsp3) is 0.188. The molecule has 0 amide bonds. The van der Waals surface area contributed by atoms with Crippen molar-refractivity contribution in [2.45, 2.75) is 6.92 Å². The maximum absolute atomic E-state index is 11.2. The van der Waals surface area contributed by atoms with Crippen LogP contribution in [0.2, 0.25) is 0 Å². The molecule has 2 aromatic carbocycles. The van der Waals surface area contributed by atoms with E-state index in [4.69, 9.17) is 0 Å². The van der Waals surface area contributed by atoms with Gasteiger partial charge in [0.05, 0.1) is 11.4 Å². The van der Waals surface area contributed by atoms with Crippen LogP contribution in [0.4, 0.5) is 17.1 Å². The first-order valence-electron chi connectivity index (χ1n) is 6.36. The molecule has 0 unspecified atom stereocenters. The van der Waals surface area contributed by atoms with Gasteiger partial charge in [-0.15, -0.1) is 0 Å². The van der Waals surface area contributed by atoms with Gasteiger partial charge >= 0.3 is 0 Å². The molecule has 0 aliphatic carbocycles. The molecule has 4 nitrogen and oxygen atoms in total. The van der Waals surface area contributed by atoms with Crippen LogP contribution in [-0.4, -0.2) is 19.9 Å². The van der Waals surface area contributed by atoms with Crippen molar-refractivity contribution in [1.82, 2.24) is 0 Å². The molecule has 4 heteroatoms. The lowest BCUT2D eigenvalue weighted by molar-refractivity contribution is 0.101. The van der Waals surface area contributed by atoms with Crippen LogP contribution < -0.4 is 4.90 Å². The van der Waals surface area contributed by atoms with Crippen molar-refractivity contribution in [3.63, 3.8) is 0 Å². The topological polar surface area (TPSA) is 45.0 Å². The Bertz CT molecular complexity index is 613. The number of rotatable bonds is 4. The Labute approximate surface area is 118 Å². The fourth-order valence-electron chi connectivity index (χ4n) is 1.70. The summed E-state index contributed by atoms with van der Waals surface area (Å²) in [7, 11) is 3.99. The molecule has 2 aromatic rings. The number of carbonyl (C=O) groups is 1. The molecule has 0 atom stereocenters. The first-order valence-corrected chi connectivity index (χ1v) is 6.36. The van der Waals surface area contributed by atoms with Gasteiger partial charge in [-0.05, 0) is 55.5 Å². The van der Waals surface area contributed by atoms with Crippen molar-refractivity contribution in [2.24, 2.45) is 10.2 Å². The van der Waals surface area contributed by atoms with Gasteiger partial charge in [0.25, 0.3) is 0 Å². The highest BCUT2D eigenvalue weighted by molar-refractivity contribution is 5.94. The van der Waals surface area contributed by atoms with Gasteiger partial charge in [-0.3, -0.25) is 4.79 Å². The maximum atomic E-state index is 11.2. The third-order valence-corrected chi connectivity index (χ3v) is 2.92. The number of carbonyl (C=O) groups excluding carboxylic acids is 1. The third kappa shape index (κ3) is 3.51. The van der Waals surface area contributed by atoms with E-state index in [-0.39, 0.29) is 5.78 Å². The molecule has 0 saturated carbocycles. The summed E-state index contributed by atoms with van der Waals surface area (Å²) in [5.41, 5.74) is 3.33. The molecule has 2 rings (SSSR count). The Kier molecular flexibility index (Phi) is 4.25. The summed E-state index contributed by atoms with van der Waals surface area (Å²) in [6.07, 6.45) is 0. The van der Waals surface area contributed by atoms with E-state index in [1.165, 1.54) is 0 Å². The van der Waals surface area contributed by atoms with Crippen molar-refractivity contribution in [1.29, 1.82) is 0 Å². The SMILES string of the molecule is CC(=O)c1ccc(N=Nc2ccc(N(C)C)cc2)cc1. The summed E-state index contributed by atoms with van der Waals surface area (Å²) < 4.78 is 0. The van der Waals surface area contributed by atoms with E-state index >= 15 is 0 Å². The molecule has 0 aliphatic rings. The number of benzene rings is 2. The Morgan fingerprint density at radius 2 is 1.30 bits per heavy atom. The van der Waals surface area contributed by atoms with Crippen LogP contribution in [0, 0.1) is 0 Å². The minimum atomic E-state index is 0.0489. The van der Waals surface area contributed by atoms with E-state index in [1.54, 1.807) is 31.2 Å². The standard InChI is InChI=1S/C16H17N3O/c1-12(20)13-4-6-14(7-5-13)17-18-15-8-10-16(11-9-15)19(2)3/h4-11H,1-3H3. The van der Waals surface area contributed by atoms with E-state index in [0.29, 0.717) is 5.56 Å². The lowest BCUT2D eigenvalue weighted by atomic mass is 10.1. The van der Waals surface area contributed by atoms with E-state index < -0.39 is 0 Å². The zero-order valence-corrected chi connectivity index (χ0v) is 11.9. The van der Waals surface area contributed by atoms with Crippen molar-refractivity contribution in [3.8, 4) is 0 Å². The normalized spacial score (nSPS) is 10.8. The van der Waals surface area contributed by atoms with Gasteiger partial charge in [0.2, 0.25) is 0 Å². The predicted octanol–water partition coefficient (Wildman–Crippen LogP) is 4.37. The zero-order chi connectivity index (χ0) is 14.5. The molecule has 0 aliphatic heterocycles. The van der Waals surface area contributed by atoms with Crippen LogP contribution in [-0.2, 0) is 0 Å². The van der Waals surface area contributed by atoms with Gasteiger partial charge in [0.1, 0.15) is 0 Å². The molecule has 0 bridgehead atoms. The summed E-state index contributed by atoms with van der Waals surface area (Å²) >= 11 is 0. The highest BCUT2D eigenvalue weighted by atomic mass is 16.1. The van der Waals surface area contributed by atoms with Crippen molar-refractivity contribution in [2.75, 3.05) is 19.0 Å². The number of Topliss-reactive ketones (excluding diaryl/α,β-unsaturated/α-hetero) is 1. The molecule has 0 spiro atoms. The van der Waals surface area contributed by atoms with Gasteiger partial charge in [0, 0.05) is 25.3 Å². The summed E-state index contributed by atoms with van der Waals surface area (Å²) in [6, 6.07) is 14.9. The van der Waals surface area contributed by atoms with E-state index in [2.05, 4.69) is 10.2 Å². The number of anilines is 1. The van der Waals surface area contributed by atoms with Crippen molar-refractivity contribution < 1.29 is 4.79 Å². The monoisotopic (exact) mass is 267 g/mol. The second-order valence-electron chi connectivity index (χ2n) is 4.71. The fourth-order valence-corrected chi connectivity index (χ4v) is 1.70.